The van der Waals surface area contributed by atoms with Crippen LogP contribution in [0.4, 0.5) is 0 Å². The number of aliphatic hydroxyl groups is 1. The molecule has 0 spiro atoms. The van der Waals surface area contributed by atoms with E-state index in [0.717, 1.165) is 11.3 Å². The maximum Gasteiger partial charge on any atom is 0.230 e. The molecule has 0 saturated carbocycles. The van der Waals surface area contributed by atoms with Crippen LogP contribution in [0.3, 0.4) is 0 Å². The molecule has 0 radical (unpaired) electrons. The summed E-state index contributed by atoms with van der Waals surface area (Å²) in [5.41, 5.74) is 1.14. The molecule has 0 aliphatic heterocycles. The summed E-state index contributed by atoms with van der Waals surface area (Å²) in [5, 5.41) is 20.5. The third-order valence-electron chi connectivity index (χ3n) is 2.46. The van der Waals surface area contributed by atoms with Crippen molar-refractivity contribution < 1.29 is 9.90 Å². The first-order valence-electron chi connectivity index (χ1n) is 5.95. The van der Waals surface area contributed by atoms with Crippen LogP contribution in [0.5, 0.6) is 0 Å². The lowest BCUT2D eigenvalue weighted by Crippen LogP contribution is -2.47. The fraction of sp³-hybridized carbons (Fsp3) is 0.429. The van der Waals surface area contributed by atoms with Gasteiger partial charge in [-0.25, -0.2) is 0 Å². The highest BCUT2D eigenvalue weighted by atomic mass is 32.2. The smallest absolute Gasteiger partial charge is 0.230 e. The van der Waals surface area contributed by atoms with Gasteiger partial charge in [0.1, 0.15) is 0 Å². The van der Waals surface area contributed by atoms with Gasteiger partial charge in [-0.1, -0.05) is 12.1 Å². The number of amides is 1. The summed E-state index contributed by atoms with van der Waals surface area (Å²) in [7, 11) is 0. The second-order valence-electron chi connectivity index (χ2n) is 4.89. The Morgan fingerprint density at radius 2 is 2.05 bits per heavy atom. The number of aliphatic hydroxyl groups excluding tert-OH is 1. The molecule has 2 N–H and O–H groups in total. The molecule has 0 saturated heterocycles. The molecule has 1 amide bonds. The zero-order chi connectivity index (χ0) is 14.3. The highest BCUT2D eigenvalue weighted by molar-refractivity contribution is 7.99. The first-order chi connectivity index (χ1) is 8.96. The number of carbonyl (C=O) groups excluding carboxylic acids is 1. The van der Waals surface area contributed by atoms with Gasteiger partial charge in [0.15, 0.2) is 0 Å². The molecule has 1 rings (SSSR count). The molecule has 0 fully saturated rings. The van der Waals surface area contributed by atoms with Gasteiger partial charge in [-0.15, -0.1) is 11.8 Å². The Balaban J connectivity index is 2.34. The van der Waals surface area contributed by atoms with E-state index >= 15 is 0 Å². The highest BCUT2D eigenvalue weighted by Gasteiger charge is 2.18. The Kier molecular flexibility index (Phi) is 5.87. The van der Waals surface area contributed by atoms with Gasteiger partial charge < -0.3 is 10.4 Å². The predicted octanol–water partition coefficient (Wildman–Crippen LogP) is 1.68. The van der Waals surface area contributed by atoms with Crippen LogP contribution < -0.4 is 5.32 Å². The van der Waals surface area contributed by atoms with Crippen molar-refractivity contribution in [1.29, 1.82) is 5.26 Å². The van der Waals surface area contributed by atoms with Crippen LogP contribution in [-0.4, -0.2) is 28.9 Å². The van der Waals surface area contributed by atoms with Gasteiger partial charge in [0.05, 0.1) is 29.5 Å². The molecule has 0 aliphatic carbocycles. The van der Waals surface area contributed by atoms with Crippen LogP contribution in [0.2, 0.25) is 0 Å². The van der Waals surface area contributed by atoms with E-state index in [0.29, 0.717) is 11.3 Å². The number of hydrogen-bond acceptors (Lipinski definition) is 4. The minimum absolute atomic E-state index is 0.0843. The van der Waals surface area contributed by atoms with Crippen LogP contribution >= 0.6 is 11.8 Å². The fourth-order valence-electron chi connectivity index (χ4n) is 1.39. The van der Waals surface area contributed by atoms with Gasteiger partial charge in [0.25, 0.3) is 0 Å². The van der Waals surface area contributed by atoms with E-state index in [9.17, 15) is 4.79 Å². The van der Waals surface area contributed by atoms with Crippen LogP contribution in [-0.2, 0) is 10.5 Å². The zero-order valence-corrected chi connectivity index (χ0v) is 12.0. The molecule has 0 aliphatic rings. The van der Waals surface area contributed by atoms with E-state index in [1.165, 1.54) is 11.8 Å². The third kappa shape index (κ3) is 5.77. The lowest BCUT2D eigenvalue weighted by Gasteiger charge is -2.23. The van der Waals surface area contributed by atoms with Crippen molar-refractivity contribution in [1.82, 2.24) is 5.32 Å². The standard InChI is InChI=1S/C14H18N2O2S/c1-14(2,10-17)16-13(18)9-19-8-12-5-3-11(7-15)4-6-12/h3-6,17H,8-10H2,1-2H3,(H,16,18). The molecule has 0 bridgehead atoms. The molecular formula is C14H18N2O2S. The van der Waals surface area contributed by atoms with Crippen LogP contribution in [0, 0.1) is 11.3 Å². The molecule has 0 atom stereocenters. The SMILES string of the molecule is CC(C)(CO)NC(=O)CSCc1ccc(C#N)cc1. The summed E-state index contributed by atoms with van der Waals surface area (Å²) < 4.78 is 0. The second-order valence-corrected chi connectivity index (χ2v) is 5.88. The first kappa shape index (κ1) is 15.5. The molecule has 102 valence electrons. The summed E-state index contributed by atoms with van der Waals surface area (Å²) in [6.07, 6.45) is 0. The summed E-state index contributed by atoms with van der Waals surface area (Å²) in [4.78, 5) is 11.6. The molecule has 0 heterocycles. The van der Waals surface area contributed by atoms with Gasteiger partial charge in [-0.2, -0.15) is 5.26 Å². The Labute approximate surface area is 117 Å². The van der Waals surface area contributed by atoms with Crippen molar-refractivity contribution in [2.45, 2.75) is 25.1 Å². The number of nitrogens with zero attached hydrogens (tertiary/aromatic N) is 1. The van der Waals surface area contributed by atoms with Crippen molar-refractivity contribution in [2.24, 2.45) is 0 Å². The van der Waals surface area contributed by atoms with E-state index < -0.39 is 5.54 Å². The molecule has 1 aromatic rings. The number of nitriles is 1. The summed E-state index contributed by atoms with van der Waals surface area (Å²) >= 11 is 1.50. The molecule has 1 aromatic carbocycles. The predicted molar refractivity (Wildman–Crippen MR) is 76.6 cm³/mol. The first-order valence-corrected chi connectivity index (χ1v) is 7.11. The maximum atomic E-state index is 11.6. The van der Waals surface area contributed by atoms with Crippen molar-refractivity contribution in [2.75, 3.05) is 12.4 Å². The number of hydrogen-bond donors (Lipinski definition) is 2. The molecule has 0 aromatic heterocycles. The number of thioether (sulfide) groups is 1. The quantitative estimate of drug-likeness (QED) is 0.830. The van der Waals surface area contributed by atoms with E-state index in [1.807, 2.05) is 12.1 Å². The summed E-state index contributed by atoms with van der Waals surface area (Å²) in [6, 6.07) is 9.38. The average Bonchev–Trinajstić information content (AvgIpc) is 2.39. The lowest BCUT2D eigenvalue weighted by molar-refractivity contribution is -0.120. The number of rotatable bonds is 6. The van der Waals surface area contributed by atoms with Crippen molar-refractivity contribution in [3.05, 3.63) is 35.4 Å². The number of nitrogens with one attached hydrogen (secondary N) is 1. The van der Waals surface area contributed by atoms with Crippen molar-refractivity contribution in [3.8, 4) is 6.07 Å². The summed E-state index contributed by atoms with van der Waals surface area (Å²) in [6.45, 7) is 3.46. The Morgan fingerprint density at radius 1 is 1.42 bits per heavy atom. The van der Waals surface area contributed by atoms with Crippen LogP contribution in [0.1, 0.15) is 25.0 Å². The minimum Gasteiger partial charge on any atom is -0.394 e. The van der Waals surface area contributed by atoms with E-state index in [2.05, 4.69) is 11.4 Å². The Bertz CT molecular complexity index is 463. The van der Waals surface area contributed by atoms with Gasteiger partial charge in [-0.05, 0) is 31.5 Å². The highest BCUT2D eigenvalue weighted by Crippen LogP contribution is 2.13. The number of benzene rings is 1. The Hall–Kier alpha value is -1.51. The van der Waals surface area contributed by atoms with Crippen molar-refractivity contribution in [3.63, 3.8) is 0 Å². The Morgan fingerprint density at radius 3 is 2.58 bits per heavy atom. The molecule has 19 heavy (non-hydrogen) atoms. The molecular weight excluding hydrogens is 260 g/mol. The number of carbonyl (C=O) groups is 1. The summed E-state index contributed by atoms with van der Waals surface area (Å²) in [5.74, 6) is 0.986. The van der Waals surface area contributed by atoms with E-state index in [-0.39, 0.29) is 12.5 Å². The zero-order valence-electron chi connectivity index (χ0n) is 11.1. The van der Waals surface area contributed by atoms with Crippen LogP contribution in [0.15, 0.2) is 24.3 Å². The van der Waals surface area contributed by atoms with Gasteiger partial charge in [0, 0.05) is 5.75 Å². The largest absolute Gasteiger partial charge is 0.394 e. The second kappa shape index (κ2) is 7.17. The molecule has 0 unspecified atom stereocenters. The normalized spacial score (nSPS) is 10.8. The van der Waals surface area contributed by atoms with Gasteiger partial charge in [0.2, 0.25) is 5.91 Å². The molecule has 4 nitrogen and oxygen atoms in total. The van der Waals surface area contributed by atoms with Crippen LogP contribution in [0.25, 0.3) is 0 Å². The minimum atomic E-state index is -0.577. The van der Waals surface area contributed by atoms with E-state index in [4.69, 9.17) is 10.4 Å². The topological polar surface area (TPSA) is 73.1 Å². The van der Waals surface area contributed by atoms with E-state index in [1.54, 1.807) is 26.0 Å². The van der Waals surface area contributed by atoms with Crippen molar-refractivity contribution >= 4 is 17.7 Å². The monoisotopic (exact) mass is 278 g/mol. The fourth-order valence-corrected chi connectivity index (χ4v) is 2.18. The third-order valence-corrected chi connectivity index (χ3v) is 3.46. The molecule has 5 heteroatoms. The average molecular weight is 278 g/mol. The van der Waals surface area contributed by atoms with Gasteiger partial charge >= 0.3 is 0 Å². The maximum absolute atomic E-state index is 11.6. The van der Waals surface area contributed by atoms with Gasteiger partial charge in [-0.3, -0.25) is 4.79 Å². The lowest BCUT2D eigenvalue weighted by atomic mass is 10.1.